The maximum absolute atomic E-state index is 13.9. The van der Waals surface area contributed by atoms with Crippen LogP contribution in [0.1, 0.15) is 43.4 Å². The van der Waals surface area contributed by atoms with Crippen LogP contribution in [0.25, 0.3) is 0 Å². The van der Waals surface area contributed by atoms with Gasteiger partial charge in [-0.05, 0) is 25.5 Å². The van der Waals surface area contributed by atoms with Gasteiger partial charge in [0.25, 0.3) is 5.92 Å². The third-order valence-corrected chi connectivity index (χ3v) is 3.45. The molecule has 0 saturated heterocycles. The second-order valence-electron chi connectivity index (χ2n) is 5.34. The van der Waals surface area contributed by atoms with Gasteiger partial charge in [-0.1, -0.05) is 74.0 Å². The van der Waals surface area contributed by atoms with Crippen molar-refractivity contribution in [1.29, 1.82) is 0 Å². The molecule has 0 atom stereocenters. The van der Waals surface area contributed by atoms with E-state index in [1.165, 1.54) is 23.3 Å². The number of rotatable bonds is 7. The van der Waals surface area contributed by atoms with Crippen LogP contribution in [0, 0.1) is 6.92 Å². The molecule has 0 heterocycles. The quantitative estimate of drug-likeness (QED) is 0.647. The van der Waals surface area contributed by atoms with E-state index in [1.54, 1.807) is 18.2 Å². The Hall–Kier alpha value is -1.74. The largest absolute Gasteiger partial charge is 0.313 e. The highest BCUT2D eigenvalue weighted by atomic mass is 19.3. The van der Waals surface area contributed by atoms with Gasteiger partial charge in [-0.25, -0.2) is 8.78 Å². The molecule has 23 heavy (non-hydrogen) atoms. The number of hydrogen-bond acceptors (Lipinski definition) is 1. The Kier molecular flexibility index (Phi) is 8.49. The first-order chi connectivity index (χ1) is 11.1. The Labute approximate surface area is 138 Å². The summed E-state index contributed by atoms with van der Waals surface area (Å²) in [4.78, 5) is 0. The molecule has 2 aromatic rings. The molecule has 1 nitrogen and oxygen atoms in total. The van der Waals surface area contributed by atoms with E-state index < -0.39 is 5.92 Å². The summed E-state index contributed by atoms with van der Waals surface area (Å²) >= 11 is 0. The average Bonchev–Trinajstić information content (AvgIpc) is 2.57. The number of hydrogen-bond donors (Lipinski definition) is 1. The van der Waals surface area contributed by atoms with Crippen molar-refractivity contribution in [3.05, 3.63) is 71.3 Å². The highest BCUT2D eigenvalue weighted by molar-refractivity contribution is 5.22. The monoisotopic (exact) mass is 319 g/mol. The van der Waals surface area contributed by atoms with E-state index in [0.717, 1.165) is 6.54 Å². The standard InChI is InChI=1S/C18H21F2N.C2H6/c1-15-7-5-8-16(13-15)14-21-12-6-11-18(19,20)17-9-3-2-4-10-17;1-2/h2-5,7-10,13,21H,6,11-12,14H2,1H3;1-2H3. The zero-order chi connectivity index (χ0) is 17.1. The van der Waals surface area contributed by atoms with Gasteiger partial charge < -0.3 is 5.32 Å². The average molecular weight is 319 g/mol. The van der Waals surface area contributed by atoms with E-state index >= 15 is 0 Å². The molecule has 1 N–H and O–H groups in total. The van der Waals surface area contributed by atoms with E-state index in [1.807, 2.05) is 39.0 Å². The summed E-state index contributed by atoms with van der Waals surface area (Å²) in [5.41, 5.74) is 2.50. The molecule has 0 bridgehead atoms. The molecule has 0 saturated carbocycles. The van der Waals surface area contributed by atoms with Gasteiger partial charge in [-0.2, -0.15) is 0 Å². The Morgan fingerprint density at radius 3 is 2.30 bits per heavy atom. The fraction of sp³-hybridized carbons (Fsp3) is 0.400. The molecule has 0 aliphatic carbocycles. The molecule has 0 unspecified atom stereocenters. The summed E-state index contributed by atoms with van der Waals surface area (Å²) in [7, 11) is 0. The van der Waals surface area contributed by atoms with E-state index in [9.17, 15) is 8.78 Å². The van der Waals surface area contributed by atoms with Crippen LogP contribution < -0.4 is 5.32 Å². The SMILES string of the molecule is CC.Cc1cccc(CNCCCC(F)(F)c2ccccc2)c1. The minimum Gasteiger partial charge on any atom is -0.313 e. The Morgan fingerprint density at radius 1 is 0.957 bits per heavy atom. The van der Waals surface area contributed by atoms with Crippen LogP contribution in [0.15, 0.2) is 54.6 Å². The van der Waals surface area contributed by atoms with Crippen molar-refractivity contribution >= 4 is 0 Å². The maximum Gasteiger partial charge on any atom is 0.273 e. The summed E-state index contributed by atoms with van der Waals surface area (Å²) in [5, 5.41) is 3.22. The fourth-order valence-corrected chi connectivity index (χ4v) is 2.32. The molecule has 0 amide bonds. The zero-order valence-corrected chi connectivity index (χ0v) is 14.3. The number of benzene rings is 2. The van der Waals surface area contributed by atoms with Crippen molar-refractivity contribution < 1.29 is 8.78 Å². The first-order valence-corrected chi connectivity index (χ1v) is 8.27. The van der Waals surface area contributed by atoms with Gasteiger partial charge in [0.1, 0.15) is 0 Å². The van der Waals surface area contributed by atoms with Gasteiger partial charge in [0.15, 0.2) is 0 Å². The summed E-state index contributed by atoms with van der Waals surface area (Å²) in [6, 6.07) is 16.2. The summed E-state index contributed by atoms with van der Waals surface area (Å²) in [6.45, 7) is 7.36. The molecule has 2 aromatic carbocycles. The van der Waals surface area contributed by atoms with Gasteiger partial charge in [0.05, 0.1) is 0 Å². The molecular formula is C20H27F2N. The first kappa shape index (κ1) is 19.3. The number of aryl methyl sites for hydroxylation is 1. The lowest BCUT2D eigenvalue weighted by molar-refractivity contribution is -0.0151. The number of alkyl halides is 2. The molecule has 126 valence electrons. The van der Waals surface area contributed by atoms with Crippen LogP contribution in [0.2, 0.25) is 0 Å². The minimum atomic E-state index is -2.74. The maximum atomic E-state index is 13.9. The van der Waals surface area contributed by atoms with Crippen molar-refractivity contribution in [3.63, 3.8) is 0 Å². The molecule has 3 heteroatoms. The molecule has 0 spiro atoms. The van der Waals surface area contributed by atoms with Crippen molar-refractivity contribution in [2.45, 2.75) is 46.1 Å². The molecule has 0 aromatic heterocycles. The highest BCUT2D eigenvalue weighted by Crippen LogP contribution is 2.32. The number of halogens is 2. The third-order valence-electron chi connectivity index (χ3n) is 3.45. The van der Waals surface area contributed by atoms with Crippen molar-refractivity contribution in [2.75, 3.05) is 6.54 Å². The third kappa shape index (κ3) is 6.91. The molecule has 0 aliphatic heterocycles. The molecule has 2 rings (SSSR count). The minimum absolute atomic E-state index is 0.101. The second kappa shape index (κ2) is 10.1. The molecule has 0 aliphatic rings. The van der Waals surface area contributed by atoms with Gasteiger partial charge in [-0.3, -0.25) is 0 Å². The Morgan fingerprint density at radius 2 is 1.65 bits per heavy atom. The predicted octanol–water partition coefficient (Wildman–Crippen LogP) is 5.68. The van der Waals surface area contributed by atoms with Crippen molar-refractivity contribution in [1.82, 2.24) is 5.32 Å². The topological polar surface area (TPSA) is 12.0 Å². The lowest BCUT2D eigenvalue weighted by Crippen LogP contribution is -2.19. The molecular weight excluding hydrogens is 292 g/mol. The van der Waals surface area contributed by atoms with E-state index in [2.05, 4.69) is 11.4 Å². The van der Waals surface area contributed by atoms with Gasteiger partial charge in [0, 0.05) is 18.5 Å². The van der Waals surface area contributed by atoms with Crippen LogP contribution in [0.4, 0.5) is 8.78 Å². The predicted molar refractivity (Wildman–Crippen MR) is 93.8 cm³/mol. The molecule has 0 radical (unpaired) electrons. The van der Waals surface area contributed by atoms with Crippen LogP contribution >= 0.6 is 0 Å². The Bertz CT molecular complexity index is 553. The van der Waals surface area contributed by atoms with Crippen LogP contribution in [0.3, 0.4) is 0 Å². The lowest BCUT2D eigenvalue weighted by Gasteiger charge is -2.16. The summed E-state index contributed by atoms with van der Waals surface area (Å²) in [5.74, 6) is -2.74. The van der Waals surface area contributed by atoms with Crippen LogP contribution in [0.5, 0.6) is 0 Å². The second-order valence-corrected chi connectivity index (χ2v) is 5.34. The smallest absolute Gasteiger partial charge is 0.273 e. The summed E-state index contributed by atoms with van der Waals surface area (Å²) in [6.07, 6.45) is 0.325. The lowest BCUT2D eigenvalue weighted by atomic mass is 10.0. The van der Waals surface area contributed by atoms with Gasteiger partial charge in [0.2, 0.25) is 0 Å². The van der Waals surface area contributed by atoms with Crippen molar-refractivity contribution in [2.24, 2.45) is 0 Å². The van der Waals surface area contributed by atoms with Crippen LogP contribution in [-0.2, 0) is 12.5 Å². The zero-order valence-electron chi connectivity index (χ0n) is 14.3. The summed E-state index contributed by atoms with van der Waals surface area (Å²) < 4.78 is 27.9. The first-order valence-electron chi connectivity index (χ1n) is 8.27. The van der Waals surface area contributed by atoms with Crippen molar-refractivity contribution in [3.8, 4) is 0 Å². The number of nitrogens with one attached hydrogen (secondary N) is 1. The van der Waals surface area contributed by atoms with E-state index in [-0.39, 0.29) is 12.0 Å². The van der Waals surface area contributed by atoms with Gasteiger partial charge in [-0.15, -0.1) is 0 Å². The van der Waals surface area contributed by atoms with E-state index in [4.69, 9.17) is 0 Å². The highest BCUT2D eigenvalue weighted by Gasteiger charge is 2.30. The van der Waals surface area contributed by atoms with Crippen LogP contribution in [-0.4, -0.2) is 6.54 Å². The normalized spacial score (nSPS) is 10.8. The van der Waals surface area contributed by atoms with E-state index in [0.29, 0.717) is 13.0 Å². The fourth-order valence-electron chi connectivity index (χ4n) is 2.32. The Balaban J connectivity index is 0.00000127. The molecule has 0 fully saturated rings. The van der Waals surface area contributed by atoms with Gasteiger partial charge >= 0.3 is 0 Å².